The van der Waals surface area contributed by atoms with Crippen LogP contribution in [0.15, 0.2) is 36.7 Å². The molecule has 3 rings (SSSR count). The average Bonchev–Trinajstić information content (AvgIpc) is 2.72. The lowest BCUT2D eigenvalue weighted by atomic mass is 9.92. The summed E-state index contributed by atoms with van der Waals surface area (Å²) in [6, 6.07) is 8.51. The van der Waals surface area contributed by atoms with Gasteiger partial charge in [0, 0.05) is 44.2 Å². The summed E-state index contributed by atoms with van der Waals surface area (Å²) in [6.45, 7) is 4.98. The van der Waals surface area contributed by atoms with E-state index in [4.69, 9.17) is 0 Å². The molecule has 2 heterocycles. The highest BCUT2D eigenvalue weighted by molar-refractivity contribution is 5.75. The molecule has 0 bridgehead atoms. The SMILES string of the molecule is CCNc1cc(N2CCC(CCC(=O)NCc3ccccc3F)CC2)ncn1. The third kappa shape index (κ3) is 5.65. The lowest BCUT2D eigenvalue weighted by Gasteiger charge is -2.32. The Kier molecular flexibility index (Phi) is 7.17. The zero-order valence-corrected chi connectivity index (χ0v) is 16.3. The Labute approximate surface area is 165 Å². The van der Waals surface area contributed by atoms with Crippen LogP contribution in [0.1, 0.15) is 38.2 Å². The van der Waals surface area contributed by atoms with Crippen molar-refractivity contribution in [1.29, 1.82) is 0 Å². The van der Waals surface area contributed by atoms with Crippen LogP contribution in [0.25, 0.3) is 0 Å². The van der Waals surface area contributed by atoms with Crippen molar-refractivity contribution >= 4 is 17.5 Å². The van der Waals surface area contributed by atoms with Crippen LogP contribution < -0.4 is 15.5 Å². The van der Waals surface area contributed by atoms with Crippen LogP contribution in [0.5, 0.6) is 0 Å². The Hall–Kier alpha value is -2.70. The highest BCUT2D eigenvalue weighted by Gasteiger charge is 2.21. The molecule has 1 aromatic carbocycles. The van der Waals surface area contributed by atoms with Gasteiger partial charge < -0.3 is 15.5 Å². The maximum absolute atomic E-state index is 13.6. The van der Waals surface area contributed by atoms with Crippen molar-refractivity contribution in [2.24, 2.45) is 5.92 Å². The van der Waals surface area contributed by atoms with Crippen LogP contribution in [0.2, 0.25) is 0 Å². The van der Waals surface area contributed by atoms with Crippen LogP contribution in [-0.2, 0) is 11.3 Å². The van der Waals surface area contributed by atoms with Crippen molar-refractivity contribution in [1.82, 2.24) is 15.3 Å². The molecule has 0 saturated carbocycles. The van der Waals surface area contributed by atoms with Crippen molar-refractivity contribution < 1.29 is 9.18 Å². The number of benzene rings is 1. The maximum atomic E-state index is 13.6. The quantitative estimate of drug-likeness (QED) is 0.729. The summed E-state index contributed by atoms with van der Waals surface area (Å²) in [5, 5.41) is 6.03. The van der Waals surface area contributed by atoms with Crippen molar-refractivity contribution in [2.45, 2.75) is 39.2 Å². The first-order valence-electron chi connectivity index (χ1n) is 9.96. The van der Waals surface area contributed by atoms with E-state index in [1.54, 1.807) is 24.5 Å². The normalized spacial score (nSPS) is 14.7. The predicted molar refractivity (Wildman–Crippen MR) is 109 cm³/mol. The molecule has 0 aliphatic carbocycles. The van der Waals surface area contributed by atoms with Gasteiger partial charge in [-0.3, -0.25) is 4.79 Å². The van der Waals surface area contributed by atoms with Crippen LogP contribution in [0.3, 0.4) is 0 Å². The first kappa shape index (κ1) is 20.0. The zero-order chi connectivity index (χ0) is 19.8. The molecule has 150 valence electrons. The first-order chi connectivity index (χ1) is 13.7. The molecule has 2 N–H and O–H groups in total. The number of piperidine rings is 1. The second-order valence-electron chi connectivity index (χ2n) is 7.13. The number of halogens is 1. The number of hydrogen-bond donors (Lipinski definition) is 2. The van der Waals surface area contributed by atoms with Gasteiger partial charge in [0.2, 0.25) is 5.91 Å². The highest BCUT2D eigenvalue weighted by Crippen LogP contribution is 2.25. The number of carbonyl (C=O) groups excluding carboxylic acids is 1. The summed E-state index contributed by atoms with van der Waals surface area (Å²) in [4.78, 5) is 23.0. The van der Waals surface area contributed by atoms with Gasteiger partial charge in [0.25, 0.3) is 0 Å². The van der Waals surface area contributed by atoms with E-state index in [0.29, 0.717) is 17.9 Å². The minimum absolute atomic E-state index is 0.0169. The standard InChI is InChI=1S/C21H28FN5O/c1-2-23-19-13-20(26-15-25-19)27-11-9-16(10-12-27)7-8-21(28)24-14-17-5-3-4-6-18(17)22/h3-6,13,15-16H,2,7-12,14H2,1H3,(H,24,28)(H,23,25,26). The summed E-state index contributed by atoms with van der Waals surface area (Å²) in [5.74, 6) is 2.03. The number of nitrogens with zero attached hydrogens (tertiary/aromatic N) is 3. The molecule has 1 aliphatic heterocycles. The molecule has 2 aromatic rings. The van der Waals surface area contributed by atoms with Gasteiger partial charge in [0.15, 0.2) is 0 Å². The van der Waals surface area contributed by atoms with Gasteiger partial charge in [0.1, 0.15) is 23.8 Å². The van der Waals surface area contributed by atoms with Crippen molar-refractivity contribution in [3.63, 3.8) is 0 Å². The smallest absolute Gasteiger partial charge is 0.220 e. The molecule has 6 nitrogen and oxygen atoms in total. The van der Waals surface area contributed by atoms with Crippen LogP contribution >= 0.6 is 0 Å². The fourth-order valence-electron chi connectivity index (χ4n) is 3.51. The number of rotatable bonds is 8. The molecular formula is C21H28FN5O. The summed E-state index contributed by atoms with van der Waals surface area (Å²) >= 11 is 0. The summed E-state index contributed by atoms with van der Waals surface area (Å²) in [5.41, 5.74) is 0.519. The molecule has 0 radical (unpaired) electrons. The largest absolute Gasteiger partial charge is 0.370 e. The van der Waals surface area contributed by atoms with E-state index < -0.39 is 0 Å². The van der Waals surface area contributed by atoms with Crippen LogP contribution in [0, 0.1) is 11.7 Å². The van der Waals surface area contributed by atoms with Gasteiger partial charge in [-0.15, -0.1) is 0 Å². The van der Waals surface area contributed by atoms with E-state index in [0.717, 1.165) is 50.5 Å². The predicted octanol–water partition coefficient (Wildman–Crippen LogP) is 3.36. The van der Waals surface area contributed by atoms with Crippen molar-refractivity contribution in [2.75, 3.05) is 29.9 Å². The minimum Gasteiger partial charge on any atom is -0.370 e. The Morgan fingerprint density at radius 2 is 2.04 bits per heavy atom. The van der Waals surface area contributed by atoms with E-state index in [1.807, 2.05) is 13.0 Å². The number of aromatic nitrogens is 2. The third-order valence-electron chi connectivity index (χ3n) is 5.16. The fraction of sp³-hybridized carbons (Fsp3) is 0.476. The Balaban J connectivity index is 1.39. The number of carbonyl (C=O) groups is 1. The van der Waals surface area contributed by atoms with Gasteiger partial charge in [-0.2, -0.15) is 0 Å². The average molecular weight is 385 g/mol. The maximum Gasteiger partial charge on any atom is 0.220 e. The molecule has 28 heavy (non-hydrogen) atoms. The first-order valence-corrected chi connectivity index (χ1v) is 9.96. The zero-order valence-electron chi connectivity index (χ0n) is 16.3. The molecule has 1 amide bonds. The van der Waals surface area contributed by atoms with Gasteiger partial charge in [0.05, 0.1) is 0 Å². The molecule has 0 spiro atoms. The van der Waals surface area contributed by atoms with Crippen LogP contribution in [-0.4, -0.2) is 35.5 Å². The second kappa shape index (κ2) is 10.0. The molecule has 1 saturated heterocycles. The lowest BCUT2D eigenvalue weighted by molar-refractivity contribution is -0.121. The highest BCUT2D eigenvalue weighted by atomic mass is 19.1. The number of amides is 1. The van der Waals surface area contributed by atoms with E-state index in [-0.39, 0.29) is 18.3 Å². The molecule has 0 atom stereocenters. The topological polar surface area (TPSA) is 70.2 Å². The van der Waals surface area contributed by atoms with Crippen molar-refractivity contribution in [3.05, 3.63) is 48.0 Å². The monoisotopic (exact) mass is 385 g/mol. The number of hydrogen-bond acceptors (Lipinski definition) is 5. The minimum atomic E-state index is -0.280. The van der Waals surface area contributed by atoms with E-state index in [1.165, 1.54) is 6.07 Å². The molecule has 1 fully saturated rings. The third-order valence-corrected chi connectivity index (χ3v) is 5.16. The summed E-state index contributed by atoms with van der Waals surface area (Å²) in [6.07, 6.45) is 5.03. The Morgan fingerprint density at radius 1 is 1.25 bits per heavy atom. The van der Waals surface area contributed by atoms with Gasteiger partial charge in [-0.1, -0.05) is 18.2 Å². The number of anilines is 2. The molecular weight excluding hydrogens is 357 g/mol. The van der Waals surface area contributed by atoms with E-state index in [2.05, 4.69) is 25.5 Å². The van der Waals surface area contributed by atoms with E-state index >= 15 is 0 Å². The summed E-state index contributed by atoms with van der Waals surface area (Å²) in [7, 11) is 0. The Morgan fingerprint density at radius 3 is 2.79 bits per heavy atom. The second-order valence-corrected chi connectivity index (χ2v) is 7.13. The van der Waals surface area contributed by atoms with Gasteiger partial charge in [-0.25, -0.2) is 14.4 Å². The summed E-state index contributed by atoms with van der Waals surface area (Å²) < 4.78 is 13.6. The molecule has 7 heteroatoms. The van der Waals surface area contributed by atoms with Gasteiger partial charge >= 0.3 is 0 Å². The molecule has 1 aromatic heterocycles. The lowest BCUT2D eigenvalue weighted by Crippen LogP contribution is -2.34. The molecule has 0 unspecified atom stereocenters. The fourth-order valence-corrected chi connectivity index (χ4v) is 3.51. The molecule has 1 aliphatic rings. The number of nitrogens with one attached hydrogen (secondary N) is 2. The Bertz CT molecular complexity index is 777. The van der Waals surface area contributed by atoms with Gasteiger partial charge in [-0.05, 0) is 38.2 Å². The van der Waals surface area contributed by atoms with Crippen molar-refractivity contribution in [3.8, 4) is 0 Å². The van der Waals surface area contributed by atoms with Crippen LogP contribution in [0.4, 0.5) is 16.0 Å². The van der Waals surface area contributed by atoms with E-state index in [9.17, 15) is 9.18 Å².